The highest BCUT2D eigenvalue weighted by atomic mass is 79.9. The maximum Gasteiger partial charge on any atom is 0.228 e. The van der Waals surface area contributed by atoms with Crippen LogP contribution in [0.3, 0.4) is 0 Å². The Morgan fingerprint density at radius 3 is 2.71 bits per heavy atom. The second kappa shape index (κ2) is 6.98. The first-order valence-corrected chi connectivity index (χ1v) is 9.07. The molecule has 1 aliphatic carbocycles. The largest absolute Gasteiger partial charge is 0.491 e. The molecule has 0 aliphatic heterocycles. The molecule has 1 aliphatic rings. The van der Waals surface area contributed by atoms with E-state index in [-0.39, 0.29) is 17.9 Å². The van der Waals surface area contributed by atoms with Crippen LogP contribution in [-0.4, -0.2) is 12.0 Å². The van der Waals surface area contributed by atoms with Crippen molar-refractivity contribution in [3.8, 4) is 5.75 Å². The number of hydrogen-bond acceptors (Lipinski definition) is 2. The van der Waals surface area contributed by atoms with Gasteiger partial charge in [0.15, 0.2) is 0 Å². The maximum atomic E-state index is 12.5. The number of ether oxygens (including phenoxy) is 1. The molecule has 1 N–H and O–H groups in total. The fraction of sp³-hybridized carbons (Fsp3) is 0.350. The zero-order chi connectivity index (χ0) is 17.3. The van der Waals surface area contributed by atoms with E-state index in [9.17, 15) is 4.79 Å². The van der Waals surface area contributed by atoms with E-state index in [0.29, 0.717) is 5.92 Å². The molecule has 0 heterocycles. The van der Waals surface area contributed by atoms with Gasteiger partial charge in [0, 0.05) is 16.1 Å². The number of amides is 1. The van der Waals surface area contributed by atoms with Crippen LogP contribution in [0, 0.1) is 12.8 Å². The average Bonchev–Trinajstić information content (AvgIpc) is 3.30. The predicted molar refractivity (Wildman–Crippen MR) is 101 cm³/mol. The maximum absolute atomic E-state index is 12.5. The fourth-order valence-electron chi connectivity index (χ4n) is 2.94. The smallest absolute Gasteiger partial charge is 0.228 e. The number of aryl methyl sites for hydroxylation is 1. The Morgan fingerprint density at radius 1 is 1.25 bits per heavy atom. The van der Waals surface area contributed by atoms with E-state index in [1.807, 2.05) is 51.1 Å². The molecule has 0 aromatic heterocycles. The summed E-state index contributed by atoms with van der Waals surface area (Å²) >= 11 is 3.49. The van der Waals surface area contributed by atoms with Crippen LogP contribution in [0.1, 0.15) is 37.3 Å². The van der Waals surface area contributed by atoms with E-state index in [1.165, 1.54) is 5.56 Å². The van der Waals surface area contributed by atoms with Gasteiger partial charge in [0.05, 0.1) is 6.10 Å². The Morgan fingerprint density at radius 2 is 2.04 bits per heavy atom. The van der Waals surface area contributed by atoms with Crippen molar-refractivity contribution >= 4 is 27.5 Å². The molecule has 1 fully saturated rings. The second-order valence-electron chi connectivity index (χ2n) is 6.64. The summed E-state index contributed by atoms with van der Waals surface area (Å²) in [6.07, 6.45) is 1.05. The number of halogens is 1. The minimum Gasteiger partial charge on any atom is -0.491 e. The Hall–Kier alpha value is -1.81. The van der Waals surface area contributed by atoms with Crippen LogP contribution >= 0.6 is 15.9 Å². The molecule has 2 unspecified atom stereocenters. The lowest BCUT2D eigenvalue weighted by Crippen LogP contribution is -2.15. The number of hydrogen-bond donors (Lipinski definition) is 1. The Balaban J connectivity index is 1.64. The molecule has 3 rings (SSSR count). The number of nitrogens with one attached hydrogen (secondary N) is 1. The van der Waals surface area contributed by atoms with Crippen LogP contribution in [0.25, 0.3) is 0 Å². The molecule has 2 aromatic rings. The molecule has 4 heteroatoms. The van der Waals surface area contributed by atoms with E-state index in [2.05, 4.69) is 33.4 Å². The van der Waals surface area contributed by atoms with Gasteiger partial charge >= 0.3 is 0 Å². The summed E-state index contributed by atoms with van der Waals surface area (Å²) in [7, 11) is 0. The van der Waals surface area contributed by atoms with Gasteiger partial charge in [-0.15, -0.1) is 0 Å². The van der Waals surface area contributed by atoms with Crippen molar-refractivity contribution in [2.24, 2.45) is 5.92 Å². The minimum atomic E-state index is 0.0605. The molecule has 2 atom stereocenters. The van der Waals surface area contributed by atoms with Crippen LogP contribution in [0.4, 0.5) is 5.69 Å². The third kappa shape index (κ3) is 3.99. The molecule has 2 aromatic carbocycles. The second-order valence-corrected chi connectivity index (χ2v) is 7.55. The van der Waals surface area contributed by atoms with Gasteiger partial charge in [-0.2, -0.15) is 0 Å². The number of rotatable bonds is 5. The van der Waals surface area contributed by atoms with E-state index < -0.39 is 0 Å². The topological polar surface area (TPSA) is 38.3 Å². The minimum absolute atomic E-state index is 0.0605. The highest BCUT2D eigenvalue weighted by Crippen LogP contribution is 2.48. The van der Waals surface area contributed by atoms with Gasteiger partial charge in [-0.3, -0.25) is 4.79 Å². The van der Waals surface area contributed by atoms with Crippen molar-refractivity contribution in [2.45, 2.75) is 39.2 Å². The summed E-state index contributed by atoms with van der Waals surface area (Å²) in [6.45, 7) is 5.99. The van der Waals surface area contributed by atoms with Gasteiger partial charge in [-0.05, 0) is 74.6 Å². The first kappa shape index (κ1) is 17.0. The Labute approximate surface area is 151 Å². The van der Waals surface area contributed by atoms with E-state index >= 15 is 0 Å². The monoisotopic (exact) mass is 387 g/mol. The van der Waals surface area contributed by atoms with Gasteiger partial charge in [0.1, 0.15) is 5.75 Å². The molecule has 126 valence electrons. The summed E-state index contributed by atoms with van der Waals surface area (Å²) in [5.41, 5.74) is 3.10. The summed E-state index contributed by atoms with van der Waals surface area (Å²) in [6, 6.07) is 14.0. The van der Waals surface area contributed by atoms with Gasteiger partial charge < -0.3 is 10.1 Å². The molecule has 24 heavy (non-hydrogen) atoms. The first-order valence-electron chi connectivity index (χ1n) is 8.27. The van der Waals surface area contributed by atoms with E-state index in [0.717, 1.165) is 27.9 Å². The lowest BCUT2D eigenvalue weighted by atomic mass is 10.1. The summed E-state index contributed by atoms with van der Waals surface area (Å²) in [5.74, 6) is 1.32. The molecular weight excluding hydrogens is 366 g/mol. The van der Waals surface area contributed by atoms with E-state index in [1.54, 1.807) is 0 Å². The quantitative estimate of drug-likeness (QED) is 0.756. The van der Waals surface area contributed by atoms with Gasteiger partial charge in [0.2, 0.25) is 5.91 Å². The van der Waals surface area contributed by atoms with Crippen molar-refractivity contribution in [1.82, 2.24) is 0 Å². The number of anilines is 1. The molecule has 3 nitrogen and oxygen atoms in total. The third-order valence-corrected chi connectivity index (χ3v) is 4.72. The van der Waals surface area contributed by atoms with Crippen LogP contribution in [0.15, 0.2) is 46.9 Å². The fourth-order valence-corrected chi connectivity index (χ4v) is 3.35. The molecular formula is C20H22BrNO2. The van der Waals surface area contributed by atoms with Crippen LogP contribution in [0.5, 0.6) is 5.75 Å². The lowest BCUT2D eigenvalue weighted by molar-refractivity contribution is -0.117. The third-order valence-electron chi connectivity index (χ3n) is 4.23. The van der Waals surface area contributed by atoms with Gasteiger partial charge in [-0.1, -0.05) is 28.1 Å². The highest BCUT2D eigenvalue weighted by Gasteiger charge is 2.44. The molecule has 1 saturated carbocycles. The van der Waals surface area contributed by atoms with Gasteiger partial charge in [-0.25, -0.2) is 0 Å². The zero-order valence-corrected chi connectivity index (χ0v) is 15.8. The van der Waals surface area contributed by atoms with E-state index in [4.69, 9.17) is 4.74 Å². The predicted octanol–water partition coefficient (Wildman–Crippen LogP) is 5.29. The molecule has 0 spiro atoms. The highest BCUT2D eigenvalue weighted by molar-refractivity contribution is 9.10. The summed E-state index contributed by atoms with van der Waals surface area (Å²) in [4.78, 5) is 12.5. The number of carbonyl (C=O) groups is 1. The SMILES string of the molecule is Cc1cc(OC(C)C)ccc1NC(=O)C1CC1c1cccc(Br)c1. The van der Waals surface area contributed by atoms with Crippen LogP contribution < -0.4 is 10.1 Å². The lowest BCUT2D eigenvalue weighted by Gasteiger charge is -2.13. The summed E-state index contributed by atoms with van der Waals surface area (Å²) in [5, 5.41) is 3.06. The molecule has 1 amide bonds. The van der Waals surface area contributed by atoms with Crippen LogP contribution in [-0.2, 0) is 4.79 Å². The first-order chi connectivity index (χ1) is 11.4. The summed E-state index contributed by atoms with van der Waals surface area (Å²) < 4.78 is 6.74. The van der Waals surface area contributed by atoms with Crippen molar-refractivity contribution in [3.63, 3.8) is 0 Å². The molecule has 0 bridgehead atoms. The Bertz CT molecular complexity index is 757. The van der Waals surface area contributed by atoms with Gasteiger partial charge in [0.25, 0.3) is 0 Å². The average molecular weight is 388 g/mol. The molecule has 0 radical (unpaired) electrons. The van der Waals surface area contributed by atoms with Crippen molar-refractivity contribution in [3.05, 3.63) is 58.1 Å². The zero-order valence-electron chi connectivity index (χ0n) is 14.2. The normalized spacial score (nSPS) is 19.2. The van der Waals surface area contributed by atoms with Crippen molar-refractivity contribution in [1.29, 1.82) is 0 Å². The van der Waals surface area contributed by atoms with Crippen molar-refractivity contribution in [2.75, 3.05) is 5.32 Å². The number of benzene rings is 2. The van der Waals surface area contributed by atoms with Crippen molar-refractivity contribution < 1.29 is 9.53 Å². The Kier molecular flexibility index (Phi) is 4.95. The number of carbonyl (C=O) groups excluding carboxylic acids is 1. The van der Waals surface area contributed by atoms with Crippen LogP contribution in [0.2, 0.25) is 0 Å². The standard InChI is InChI=1S/C20H22BrNO2/c1-12(2)24-16-7-8-19(13(3)9-16)22-20(23)18-11-17(18)14-5-4-6-15(21)10-14/h4-10,12,17-18H,11H2,1-3H3,(H,22,23). The molecule has 0 saturated heterocycles.